The van der Waals surface area contributed by atoms with Gasteiger partial charge in [-0.05, 0) is 108 Å². The molecule has 0 spiro atoms. The first-order chi connectivity index (χ1) is 23.5. The monoisotopic (exact) mass is 822 g/mol. The molecule has 18 heteroatoms. The quantitative estimate of drug-likeness (QED) is 0.160. The number of anilines is 4. The number of hydrogen-bond acceptors (Lipinski definition) is 8. The predicted octanol–water partition coefficient (Wildman–Crippen LogP) is 9.61. The van der Waals surface area contributed by atoms with Gasteiger partial charge >= 0.3 is 12.4 Å². The minimum atomic E-state index is -4.36. The van der Waals surface area contributed by atoms with Gasteiger partial charge in [0.25, 0.3) is 0 Å². The van der Waals surface area contributed by atoms with Crippen molar-refractivity contribution in [3.63, 3.8) is 0 Å². The number of nitrogens with one attached hydrogen (secondary N) is 2. The van der Waals surface area contributed by atoms with E-state index in [-0.39, 0.29) is 0 Å². The topological polar surface area (TPSA) is 111 Å². The van der Waals surface area contributed by atoms with Crippen LogP contribution in [0.2, 0.25) is 0 Å². The summed E-state index contributed by atoms with van der Waals surface area (Å²) < 4.78 is 80.8. The number of benzene rings is 2. The molecule has 0 radical (unpaired) electrons. The van der Waals surface area contributed by atoms with Crippen LogP contribution >= 0.6 is 31.9 Å². The summed E-state index contributed by atoms with van der Waals surface area (Å²) in [6.07, 6.45) is -2.56. The van der Waals surface area contributed by atoms with Gasteiger partial charge in [0.1, 0.15) is 20.9 Å². The fraction of sp³-hybridized carbons (Fsp3) is 0.188. The molecule has 6 rings (SSSR count). The highest BCUT2D eigenvalue weighted by Gasteiger charge is 2.30. The third-order valence-corrected chi connectivity index (χ3v) is 8.72. The average Bonchev–Trinajstić information content (AvgIpc) is 3.46. The van der Waals surface area contributed by atoms with Crippen LogP contribution in [0.3, 0.4) is 0 Å². The van der Waals surface area contributed by atoms with Gasteiger partial charge in [-0.15, -0.1) is 0 Å². The third-order valence-electron chi connectivity index (χ3n) is 7.04. The lowest BCUT2D eigenvalue weighted by atomic mass is 10.2. The van der Waals surface area contributed by atoms with Crippen LogP contribution in [-0.4, -0.2) is 39.0 Å². The predicted molar refractivity (Wildman–Crippen MR) is 182 cm³/mol. The van der Waals surface area contributed by atoms with Crippen LogP contribution < -0.4 is 10.6 Å². The Kier molecular flexibility index (Phi) is 10.6. The molecule has 10 nitrogen and oxygen atoms in total. The van der Waals surface area contributed by atoms with E-state index in [0.29, 0.717) is 39.2 Å². The molecule has 0 unspecified atom stereocenters. The van der Waals surface area contributed by atoms with Gasteiger partial charge in [-0.2, -0.15) is 26.3 Å². The Morgan fingerprint density at radius 3 is 1.34 bits per heavy atom. The molecule has 2 N–H and O–H groups in total. The lowest BCUT2D eigenvalue weighted by Gasteiger charge is -2.11. The van der Waals surface area contributed by atoms with E-state index in [9.17, 15) is 26.3 Å². The van der Waals surface area contributed by atoms with Gasteiger partial charge in [-0.3, -0.25) is 19.1 Å². The third kappa shape index (κ3) is 8.47. The molecule has 0 aliphatic heterocycles. The zero-order valence-corrected chi connectivity index (χ0v) is 29.7. The molecule has 2 aromatic carbocycles. The van der Waals surface area contributed by atoms with E-state index in [4.69, 9.17) is 0 Å². The van der Waals surface area contributed by atoms with E-state index in [1.165, 1.54) is 36.7 Å². The summed E-state index contributed by atoms with van der Waals surface area (Å²) in [5, 5.41) is 5.90. The molecule has 4 aromatic heterocycles. The van der Waals surface area contributed by atoms with Crippen molar-refractivity contribution in [1.29, 1.82) is 0 Å². The molecule has 0 saturated heterocycles. The maximum Gasteiger partial charge on any atom is 0.416 e. The SMILES string of the molecule is Cc1nc(Br)c(C)n1-c1cncc(Nc2ccc(C(F)(F)F)cc2)n1.Cc1nc(C)n(-c2cncc(Nc3ccc(C(F)(F)F)cc3)n2)c1Br. The number of rotatable bonds is 6. The van der Waals surface area contributed by atoms with Gasteiger partial charge in [0, 0.05) is 11.4 Å². The molecular weight excluding hydrogens is 798 g/mol. The van der Waals surface area contributed by atoms with E-state index >= 15 is 0 Å². The number of halogens is 8. The number of aromatic nitrogens is 8. The van der Waals surface area contributed by atoms with E-state index in [0.717, 1.165) is 51.9 Å². The molecule has 0 aliphatic rings. The lowest BCUT2D eigenvalue weighted by Crippen LogP contribution is -2.06. The van der Waals surface area contributed by atoms with Gasteiger partial charge < -0.3 is 10.6 Å². The summed E-state index contributed by atoms with van der Waals surface area (Å²) in [7, 11) is 0. The highest BCUT2D eigenvalue weighted by molar-refractivity contribution is 9.10. The summed E-state index contributed by atoms with van der Waals surface area (Å²) in [5.41, 5.74) is 1.26. The molecule has 0 atom stereocenters. The van der Waals surface area contributed by atoms with E-state index in [2.05, 4.69) is 72.4 Å². The molecule has 6 aromatic rings. The lowest BCUT2D eigenvalue weighted by molar-refractivity contribution is -0.138. The van der Waals surface area contributed by atoms with E-state index in [1.807, 2.05) is 32.3 Å². The number of aryl methyl sites for hydroxylation is 3. The first kappa shape index (κ1) is 36.4. The number of imidazole rings is 2. The van der Waals surface area contributed by atoms with Crippen LogP contribution in [0.5, 0.6) is 0 Å². The first-order valence-corrected chi connectivity index (χ1v) is 16.1. The highest BCUT2D eigenvalue weighted by atomic mass is 79.9. The molecule has 0 fully saturated rings. The van der Waals surface area contributed by atoms with Crippen molar-refractivity contribution in [2.75, 3.05) is 10.6 Å². The second-order valence-electron chi connectivity index (χ2n) is 10.7. The Labute approximate surface area is 298 Å². The molecule has 0 saturated carbocycles. The molecule has 0 aliphatic carbocycles. The molecule has 50 heavy (non-hydrogen) atoms. The van der Waals surface area contributed by atoms with Gasteiger partial charge in [-0.25, -0.2) is 19.9 Å². The normalized spacial score (nSPS) is 11.6. The fourth-order valence-electron chi connectivity index (χ4n) is 4.68. The van der Waals surface area contributed by atoms with Crippen molar-refractivity contribution in [2.45, 2.75) is 40.0 Å². The van der Waals surface area contributed by atoms with Crippen molar-refractivity contribution in [1.82, 2.24) is 39.0 Å². The minimum absolute atomic E-state index is 0.412. The fourth-order valence-corrected chi connectivity index (χ4v) is 5.64. The second kappa shape index (κ2) is 14.6. The summed E-state index contributed by atoms with van der Waals surface area (Å²) in [5.74, 6) is 3.42. The maximum absolute atomic E-state index is 12.6. The van der Waals surface area contributed by atoms with Crippen molar-refractivity contribution < 1.29 is 26.3 Å². The Morgan fingerprint density at radius 1 is 0.560 bits per heavy atom. The van der Waals surface area contributed by atoms with Crippen molar-refractivity contribution in [2.24, 2.45) is 0 Å². The van der Waals surface area contributed by atoms with Crippen molar-refractivity contribution in [3.05, 3.63) is 117 Å². The standard InChI is InChI=1S/2C16H13BrF3N5/c1-9-15(17)22-10(2)25(9)14-8-21-7-13(24-14)23-12-5-3-11(4-6-12)16(18,19)20;1-9-15(17)25(10(2)22-9)14-8-21-7-13(24-14)23-12-5-3-11(4-6-12)16(18,19)20/h2*3-8H,1-2H3,(H,23,24). The summed E-state index contributed by atoms with van der Waals surface area (Å²) in [6, 6.07) is 9.45. The summed E-state index contributed by atoms with van der Waals surface area (Å²) >= 11 is 6.83. The van der Waals surface area contributed by atoms with Crippen molar-refractivity contribution >= 4 is 54.9 Å². The number of nitrogens with zero attached hydrogens (tertiary/aromatic N) is 8. The largest absolute Gasteiger partial charge is 0.416 e. The average molecular weight is 824 g/mol. The second-order valence-corrected chi connectivity index (χ2v) is 12.2. The van der Waals surface area contributed by atoms with Gasteiger partial charge in [0.2, 0.25) is 0 Å². The molecule has 0 amide bonds. The van der Waals surface area contributed by atoms with Crippen LogP contribution in [0, 0.1) is 27.7 Å². The van der Waals surface area contributed by atoms with Gasteiger partial charge in [0.15, 0.2) is 23.3 Å². The van der Waals surface area contributed by atoms with Crippen LogP contribution in [0.25, 0.3) is 11.6 Å². The molecular formula is C32H26Br2F6N10. The van der Waals surface area contributed by atoms with Crippen LogP contribution in [-0.2, 0) is 12.4 Å². The van der Waals surface area contributed by atoms with Crippen molar-refractivity contribution in [3.8, 4) is 11.6 Å². The number of hydrogen-bond donors (Lipinski definition) is 2. The summed E-state index contributed by atoms with van der Waals surface area (Å²) in [6.45, 7) is 7.44. The maximum atomic E-state index is 12.6. The summed E-state index contributed by atoms with van der Waals surface area (Å²) in [4.78, 5) is 25.8. The Hall–Kier alpha value is -4.84. The van der Waals surface area contributed by atoms with E-state index < -0.39 is 23.5 Å². The van der Waals surface area contributed by atoms with Crippen LogP contribution in [0.4, 0.5) is 49.4 Å². The smallest absolute Gasteiger partial charge is 0.339 e. The zero-order chi connectivity index (χ0) is 36.4. The Bertz CT molecular complexity index is 1960. The van der Waals surface area contributed by atoms with Gasteiger partial charge in [-0.1, -0.05) is 0 Å². The molecule has 260 valence electrons. The van der Waals surface area contributed by atoms with Gasteiger partial charge in [0.05, 0.1) is 47.3 Å². The number of alkyl halides is 6. The molecule has 0 bridgehead atoms. The Morgan fingerprint density at radius 2 is 0.980 bits per heavy atom. The molecule has 4 heterocycles. The Balaban J connectivity index is 0.000000194. The zero-order valence-electron chi connectivity index (χ0n) is 26.5. The highest BCUT2D eigenvalue weighted by Crippen LogP contribution is 2.32. The first-order valence-electron chi connectivity index (χ1n) is 14.5. The van der Waals surface area contributed by atoms with Crippen LogP contribution in [0.15, 0.2) is 82.5 Å². The van der Waals surface area contributed by atoms with Crippen LogP contribution in [0.1, 0.15) is 34.2 Å². The van der Waals surface area contributed by atoms with E-state index in [1.54, 1.807) is 17.0 Å². The minimum Gasteiger partial charge on any atom is -0.339 e.